The van der Waals surface area contributed by atoms with Gasteiger partial charge in [-0.3, -0.25) is 14.4 Å². The first kappa shape index (κ1) is 27.3. The zero-order chi connectivity index (χ0) is 26.6. The van der Waals surface area contributed by atoms with Crippen LogP contribution in [0.5, 0.6) is 0 Å². The van der Waals surface area contributed by atoms with E-state index in [2.05, 4.69) is 74.0 Å². The van der Waals surface area contributed by atoms with E-state index in [-0.39, 0.29) is 22.8 Å². The van der Waals surface area contributed by atoms with E-state index in [9.17, 15) is 14.4 Å². The summed E-state index contributed by atoms with van der Waals surface area (Å²) in [5.41, 5.74) is 3.21. The van der Waals surface area contributed by atoms with Crippen LogP contribution in [0, 0.1) is 6.92 Å². The van der Waals surface area contributed by atoms with Crippen LogP contribution in [0.25, 0.3) is 10.2 Å². The second-order valence-electron chi connectivity index (χ2n) is 7.83. The van der Waals surface area contributed by atoms with Crippen molar-refractivity contribution in [3.05, 3.63) is 76.0 Å². The number of hydrogen-bond donors (Lipinski definition) is 1. The van der Waals surface area contributed by atoms with Crippen molar-refractivity contribution < 1.29 is 14.4 Å². The Hall–Kier alpha value is -1.28. The van der Waals surface area contributed by atoms with Gasteiger partial charge in [-0.25, -0.2) is 9.88 Å². The third kappa shape index (κ3) is 4.94. The number of fused-ring (bicyclic) bond motifs is 2. The highest BCUT2D eigenvalue weighted by atomic mass is 79.9. The highest BCUT2D eigenvalue weighted by molar-refractivity contribution is 9.15. The highest BCUT2D eigenvalue weighted by Crippen LogP contribution is 2.46. The standard InChI is InChI=1S/C24H12Br4ClN3O3S2/c1-9-11(29)3-2-4-12(9)30-15(33)8-36-24-31-13-6-5-10(7-14(13)37-24)32-22(34)16-17(23(32)35)19(26)21(28)20(27)18(16)25/h2-7H,8H2,1H3,(H,30,33). The van der Waals surface area contributed by atoms with Crippen molar-refractivity contribution in [3.8, 4) is 0 Å². The summed E-state index contributed by atoms with van der Waals surface area (Å²) in [5.74, 6) is -0.850. The molecule has 5 rings (SSSR count). The number of carbonyl (C=O) groups is 3. The second-order valence-corrected chi connectivity index (χ2v) is 13.7. The molecule has 0 radical (unpaired) electrons. The first-order valence-corrected chi connectivity index (χ1v) is 15.8. The number of amides is 3. The fourth-order valence-electron chi connectivity index (χ4n) is 3.73. The van der Waals surface area contributed by atoms with E-state index in [4.69, 9.17) is 11.6 Å². The predicted octanol–water partition coefficient (Wildman–Crippen LogP) is 8.84. The maximum atomic E-state index is 13.3. The lowest BCUT2D eigenvalue weighted by Crippen LogP contribution is -2.29. The average Bonchev–Trinajstić information content (AvgIpc) is 3.39. The van der Waals surface area contributed by atoms with E-state index in [1.54, 1.807) is 36.4 Å². The van der Waals surface area contributed by atoms with Gasteiger partial charge >= 0.3 is 0 Å². The van der Waals surface area contributed by atoms with Crippen molar-refractivity contribution in [1.29, 1.82) is 0 Å². The number of aromatic nitrogens is 1. The lowest BCUT2D eigenvalue weighted by atomic mass is 10.1. The summed E-state index contributed by atoms with van der Waals surface area (Å²) in [7, 11) is 0. The summed E-state index contributed by atoms with van der Waals surface area (Å²) >= 11 is 22.6. The van der Waals surface area contributed by atoms with Crippen LogP contribution >= 0.6 is 98.4 Å². The van der Waals surface area contributed by atoms with E-state index in [1.165, 1.54) is 23.1 Å². The Labute approximate surface area is 258 Å². The van der Waals surface area contributed by atoms with E-state index < -0.39 is 11.8 Å². The molecule has 0 atom stereocenters. The molecule has 1 aliphatic rings. The molecule has 6 nitrogen and oxygen atoms in total. The minimum Gasteiger partial charge on any atom is -0.325 e. The number of thioether (sulfide) groups is 1. The van der Waals surface area contributed by atoms with E-state index >= 15 is 0 Å². The Bertz CT molecular complexity index is 1610. The molecular formula is C24H12Br4ClN3O3S2. The number of nitrogens with zero attached hydrogens (tertiary/aromatic N) is 2. The number of nitrogens with one attached hydrogen (secondary N) is 1. The number of hydrogen-bond acceptors (Lipinski definition) is 6. The van der Waals surface area contributed by atoms with Gasteiger partial charge in [-0.2, -0.15) is 0 Å². The highest BCUT2D eigenvalue weighted by Gasteiger charge is 2.42. The van der Waals surface area contributed by atoms with Gasteiger partial charge in [0.1, 0.15) is 0 Å². The molecule has 3 aromatic carbocycles. The van der Waals surface area contributed by atoms with Crippen LogP contribution in [0.3, 0.4) is 0 Å². The molecule has 13 heteroatoms. The molecule has 0 spiro atoms. The van der Waals surface area contributed by atoms with Crippen LogP contribution < -0.4 is 10.2 Å². The molecule has 0 saturated heterocycles. The monoisotopic (exact) mass is 805 g/mol. The number of imide groups is 1. The topological polar surface area (TPSA) is 79.4 Å². The van der Waals surface area contributed by atoms with Crippen molar-refractivity contribution >= 4 is 138 Å². The van der Waals surface area contributed by atoms with Gasteiger partial charge in [0, 0.05) is 28.6 Å². The van der Waals surface area contributed by atoms with Gasteiger partial charge in [-0.1, -0.05) is 29.4 Å². The van der Waals surface area contributed by atoms with Crippen molar-refractivity contribution in [1.82, 2.24) is 4.98 Å². The number of benzene rings is 3. The molecule has 37 heavy (non-hydrogen) atoms. The lowest BCUT2D eigenvalue weighted by Gasteiger charge is -2.13. The van der Waals surface area contributed by atoms with E-state index in [0.717, 1.165) is 15.2 Å². The van der Waals surface area contributed by atoms with Gasteiger partial charge in [0.15, 0.2) is 4.34 Å². The average molecular weight is 810 g/mol. The van der Waals surface area contributed by atoms with Crippen molar-refractivity contribution in [2.24, 2.45) is 0 Å². The van der Waals surface area contributed by atoms with E-state index in [0.29, 0.717) is 44.1 Å². The van der Waals surface area contributed by atoms with Crippen molar-refractivity contribution in [2.75, 3.05) is 16.0 Å². The molecule has 2 heterocycles. The van der Waals surface area contributed by atoms with E-state index in [1.807, 2.05) is 6.92 Å². The largest absolute Gasteiger partial charge is 0.325 e. The number of thiazole rings is 1. The molecule has 3 amide bonds. The van der Waals surface area contributed by atoms with Crippen molar-refractivity contribution in [3.63, 3.8) is 0 Å². The van der Waals surface area contributed by atoms with Gasteiger partial charge in [0.25, 0.3) is 11.8 Å². The summed E-state index contributed by atoms with van der Waals surface area (Å²) in [6.07, 6.45) is 0. The Morgan fingerprint density at radius 3 is 2.32 bits per heavy atom. The quantitative estimate of drug-likeness (QED) is 0.0944. The molecule has 4 aromatic rings. The number of rotatable bonds is 5. The molecular weight excluding hydrogens is 797 g/mol. The van der Waals surface area contributed by atoms with Gasteiger partial charge in [-0.15, -0.1) is 11.3 Å². The Morgan fingerprint density at radius 1 is 1.03 bits per heavy atom. The Morgan fingerprint density at radius 2 is 1.68 bits per heavy atom. The summed E-state index contributed by atoms with van der Waals surface area (Å²) in [5, 5.41) is 3.46. The first-order chi connectivity index (χ1) is 17.6. The van der Waals surface area contributed by atoms with Gasteiger partial charge in [0.2, 0.25) is 5.91 Å². The smallest absolute Gasteiger partial charge is 0.267 e. The molecule has 0 fully saturated rings. The van der Waals surface area contributed by atoms with Crippen molar-refractivity contribution in [2.45, 2.75) is 11.3 Å². The Balaban J connectivity index is 1.36. The summed E-state index contributed by atoms with van der Waals surface area (Å²) < 4.78 is 3.77. The molecule has 188 valence electrons. The number of carbonyl (C=O) groups excluding carboxylic acids is 3. The normalized spacial score (nSPS) is 13.0. The third-order valence-corrected chi connectivity index (χ3v) is 12.9. The molecule has 0 aliphatic carbocycles. The van der Waals surface area contributed by atoms with Gasteiger partial charge in [0.05, 0.1) is 32.8 Å². The number of anilines is 2. The molecule has 0 saturated carbocycles. The molecule has 1 aromatic heterocycles. The fourth-order valence-corrected chi connectivity index (χ4v) is 8.27. The van der Waals surface area contributed by atoms with Crippen LogP contribution in [0.15, 0.2) is 58.6 Å². The van der Waals surface area contributed by atoms with Crippen LogP contribution in [0.4, 0.5) is 11.4 Å². The maximum absolute atomic E-state index is 13.3. The minimum atomic E-state index is -0.424. The second kappa shape index (κ2) is 10.7. The summed E-state index contributed by atoms with van der Waals surface area (Å²) in [6.45, 7) is 1.85. The van der Waals surface area contributed by atoms with Crippen LogP contribution in [-0.4, -0.2) is 28.5 Å². The van der Waals surface area contributed by atoms with Gasteiger partial charge < -0.3 is 5.32 Å². The first-order valence-electron chi connectivity index (χ1n) is 10.4. The summed E-state index contributed by atoms with van der Waals surface area (Å²) in [6, 6.07) is 10.6. The molecule has 1 aliphatic heterocycles. The maximum Gasteiger partial charge on any atom is 0.267 e. The van der Waals surface area contributed by atoms with Gasteiger partial charge in [-0.05, 0) is 107 Å². The number of halogens is 5. The van der Waals surface area contributed by atoms with Crippen LogP contribution in [0.2, 0.25) is 5.02 Å². The Kier molecular flexibility index (Phi) is 7.90. The minimum absolute atomic E-state index is 0.169. The predicted molar refractivity (Wildman–Crippen MR) is 164 cm³/mol. The fraction of sp³-hybridized carbons (Fsp3) is 0.0833. The zero-order valence-corrected chi connectivity index (χ0v) is 27.2. The molecule has 0 unspecified atom stereocenters. The third-order valence-electron chi connectivity index (χ3n) is 5.58. The molecule has 0 bridgehead atoms. The lowest BCUT2D eigenvalue weighted by molar-refractivity contribution is -0.113. The van der Waals surface area contributed by atoms with Crippen LogP contribution in [0.1, 0.15) is 26.3 Å². The summed E-state index contributed by atoms with van der Waals surface area (Å²) in [4.78, 5) is 44.8. The van der Waals surface area contributed by atoms with Crippen LogP contribution in [-0.2, 0) is 4.79 Å². The SMILES string of the molecule is Cc1c(Cl)cccc1NC(=O)CSc1nc2ccc(N3C(=O)c4c(Br)c(Br)c(Br)c(Br)c4C3=O)cc2s1. The zero-order valence-electron chi connectivity index (χ0n) is 18.5. The molecule has 1 N–H and O–H groups in total.